The van der Waals surface area contributed by atoms with Gasteiger partial charge in [-0.2, -0.15) is 0 Å². The van der Waals surface area contributed by atoms with Crippen molar-refractivity contribution in [2.75, 3.05) is 13.1 Å². The number of carbonyl (C=O) groups excluding carboxylic acids is 2. The van der Waals surface area contributed by atoms with Gasteiger partial charge < -0.3 is 14.1 Å². The number of hydrogen-bond acceptors (Lipinski definition) is 10. The molecule has 39 heavy (non-hydrogen) atoms. The Morgan fingerprint density at radius 2 is 1.87 bits per heavy atom. The van der Waals surface area contributed by atoms with E-state index in [1.54, 1.807) is 32.6 Å². The van der Waals surface area contributed by atoms with Crippen LogP contribution in [0.2, 0.25) is 10.0 Å². The summed E-state index contributed by atoms with van der Waals surface area (Å²) in [6.45, 7) is 11.7. The lowest BCUT2D eigenvalue weighted by atomic mass is 10.1. The number of nitrogens with zero attached hydrogens (tertiary/aromatic N) is 4. The van der Waals surface area contributed by atoms with Crippen LogP contribution in [-0.4, -0.2) is 65.6 Å². The molecule has 1 aromatic carbocycles. The standard InChI is InChI=1S/C24H29Cl2N5O6S2/c1-7-31(8-2)23(33)19-20(14-9-10-15(18(26)17(14)25)39(34,35)30-13(3)4)38-22(27-19)21-29-28-16(37-21)11-24(5,6)36-12-32/h9-10,12-13,30H,7-8,11H2,1-6H3. The molecule has 0 bridgehead atoms. The maximum Gasteiger partial charge on any atom is 0.293 e. The Morgan fingerprint density at radius 3 is 2.46 bits per heavy atom. The van der Waals surface area contributed by atoms with Gasteiger partial charge in [-0.3, -0.25) is 9.59 Å². The van der Waals surface area contributed by atoms with Crippen LogP contribution < -0.4 is 4.72 Å². The van der Waals surface area contributed by atoms with Crippen molar-refractivity contribution >= 4 is 56.9 Å². The monoisotopic (exact) mass is 617 g/mol. The lowest BCUT2D eigenvalue weighted by molar-refractivity contribution is -0.140. The van der Waals surface area contributed by atoms with Crippen LogP contribution in [0, 0.1) is 0 Å². The maximum absolute atomic E-state index is 13.4. The van der Waals surface area contributed by atoms with E-state index < -0.39 is 15.6 Å². The van der Waals surface area contributed by atoms with Crippen molar-refractivity contribution in [2.24, 2.45) is 0 Å². The number of hydrogen-bond donors (Lipinski definition) is 1. The first-order valence-electron chi connectivity index (χ1n) is 12.0. The van der Waals surface area contributed by atoms with E-state index in [2.05, 4.69) is 19.9 Å². The van der Waals surface area contributed by atoms with Crippen LogP contribution in [-0.2, 0) is 26.0 Å². The van der Waals surface area contributed by atoms with E-state index in [-0.39, 0.29) is 55.8 Å². The molecule has 2 heterocycles. The van der Waals surface area contributed by atoms with E-state index >= 15 is 0 Å². The van der Waals surface area contributed by atoms with Gasteiger partial charge in [0.25, 0.3) is 18.3 Å². The van der Waals surface area contributed by atoms with Gasteiger partial charge >= 0.3 is 0 Å². The van der Waals surface area contributed by atoms with Gasteiger partial charge in [0.05, 0.1) is 21.3 Å². The van der Waals surface area contributed by atoms with Gasteiger partial charge in [0, 0.05) is 24.7 Å². The maximum atomic E-state index is 13.4. The fraction of sp³-hybridized carbons (Fsp3) is 0.458. The van der Waals surface area contributed by atoms with Gasteiger partial charge in [0.2, 0.25) is 15.9 Å². The predicted octanol–water partition coefficient (Wildman–Crippen LogP) is 4.83. The molecular weight excluding hydrogens is 589 g/mol. The summed E-state index contributed by atoms with van der Waals surface area (Å²) >= 11 is 14.1. The van der Waals surface area contributed by atoms with E-state index in [1.807, 2.05) is 13.8 Å². The third kappa shape index (κ3) is 6.95. The van der Waals surface area contributed by atoms with E-state index in [9.17, 15) is 18.0 Å². The second-order valence-electron chi connectivity index (χ2n) is 9.34. The fourth-order valence-corrected chi connectivity index (χ4v) is 6.82. The summed E-state index contributed by atoms with van der Waals surface area (Å²) in [5, 5.41) is 8.08. The summed E-state index contributed by atoms with van der Waals surface area (Å²) in [6, 6.07) is 2.46. The van der Waals surface area contributed by atoms with Crippen molar-refractivity contribution in [2.45, 2.75) is 64.5 Å². The van der Waals surface area contributed by atoms with Crippen LogP contribution >= 0.6 is 34.5 Å². The predicted molar refractivity (Wildman–Crippen MR) is 149 cm³/mol. The van der Waals surface area contributed by atoms with E-state index in [0.29, 0.717) is 30.0 Å². The average Bonchev–Trinajstić information content (AvgIpc) is 3.47. The fourth-order valence-electron chi connectivity index (χ4n) is 3.64. The summed E-state index contributed by atoms with van der Waals surface area (Å²) in [7, 11) is -3.93. The minimum absolute atomic E-state index is 0.0499. The summed E-state index contributed by atoms with van der Waals surface area (Å²) in [5.74, 6) is -0.0964. The highest BCUT2D eigenvalue weighted by Gasteiger charge is 2.30. The molecule has 3 rings (SSSR count). The Morgan fingerprint density at radius 1 is 1.21 bits per heavy atom. The number of ether oxygens (including phenoxy) is 1. The summed E-state index contributed by atoms with van der Waals surface area (Å²) in [5.41, 5.74) is -0.470. The Kier molecular flexibility index (Phi) is 9.76. The number of aromatic nitrogens is 3. The molecule has 2 aromatic heterocycles. The van der Waals surface area contributed by atoms with Crippen LogP contribution in [0.15, 0.2) is 21.4 Å². The van der Waals surface area contributed by atoms with Crippen molar-refractivity contribution < 1.29 is 27.2 Å². The zero-order chi connectivity index (χ0) is 29.1. The summed E-state index contributed by atoms with van der Waals surface area (Å²) in [6.07, 6.45) is 0.157. The molecule has 0 aliphatic carbocycles. The van der Waals surface area contributed by atoms with Gasteiger partial charge in [-0.25, -0.2) is 18.1 Å². The Balaban J connectivity index is 2.14. The minimum atomic E-state index is -3.93. The van der Waals surface area contributed by atoms with Gasteiger partial charge in [0.15, 0.2) is 5.01 Å². The summed E-state index contributed by atoms with van der Waals surface area (Å²) in [4.78, 5) is 30.5. The molecule has 0 saturated carbocycles. The smallest absolute Gasteiger partial charge is 0.293 e. The molecular formula is C24H29Cl2N5O6S2. The largest absolute Gasteiger partial charge is 0.461 e. The quantitative estimate of drug-likeness (QED) is 0.282. The molecule has 0 atom stereocenters. The zero-order valence-electron chi connectivity index (χ0n) is 22.2. The molecule has 0 aliphatic rings. The number of sulfonamides is 1. The zero-order valence-corrected chi connectivity index (χ0v) is 25.4. The Hall–Kier alpha value is -2.58. The molecule has 0 saturated heterocycles. The molecule has 0 unspecified atom stereocenters. The molecule has 15 heteroatoms. The highest BCUT2D eigenvalue weighted by atomic mass is 35.5. The number of rotatable bonds is 12. The van der Waals surface area contributed by atoms with Crippen molar-refractivity contribution in [1.29, 1.82) is 0 Å². The van der Waals surface area contributed by atoms with Crippen molar-refractivity contribution in [3.63, 3.8) is 0 Å². The average molecular weight is 619 g/mol. The Bertz CT molecular complexity index is 1470. The molecule has 3 aromatic rings. The van der Waals surface area contributed by atoms with E-state index in [4.69, 9.17) is 32.4 Å². The molecule has 1 N–H and O–H groups in total. The van der Waals surface area contributed by atoms with Crippen LogP contribution in [0.4, 0.5) is 0 Å². The van der Waals surface area contributed by atoms with Crippen molar-refractivity contribution in [3.05, 3.63) is 33.8 Å². The van der Waals surface area contributed by atoms with Crippen LogP contribution in [0.5, 0.6) is 0 Å². The molecule has 11 nitrogen and oxygen atoms in total. The first-order valence-corrected chi connectivity index (χ1v) is 15.0. The van der Waals surface area contributed by atoms with Gasteiger partial charge in [-0.15, -0.1) is 21.5 Å². The van der Waals surface area contributed by atoms with E-state index in [0.717, 1.165) is 11.3 Å². The van der Waals surface area contributed by atoms with Gasteiger partial charge in [-0.1, -0.05) is 29.3 Å². The van der Waals surface area contributed by atoms with E-state index in [1.165, 1.54) is 12.1 Å². The molecule has 1 amide bonds. The minimum Gasteiger partial charge on any atom is -0.461 e. The Labute approximate surface area is 240 Å². The number of halogens is 2. The normalized spacial score (nSPS) is 12.1. The SMILES string of the molecule is CCN(CC)C(=O)c1nc(-c2nnc(CC(C)(C)OC=O)o2)sc1-c1ccc(S(=O)(=O)NC(C)C)c(Cl)c1Cl. The number of benzene rings is 1. The van der Waals surface area contributed by atoms with Gasteiger partial charge in [-0.05, 0) is 47.6 Å². The second kappa shape index (κ2) is 12.3. The third-order valence-electron chi connectivity index (χ3n) is 5.45. The van der Waals surface area contributed by atoms with Crippen molar-refractivity contribution in [1.82, 2.24) is 24.8 Å². The topological polar surface area (TPSA) is 145 Å². The third-order valence-corrected chi connectivity index (χ3v) is 9.22. The second-order valence-corrected chi connectivity index (χ2v) is 12.8. The van der Waals surface area contributed by atoms with Crippen molar-refractivity contribution in [3.8, 4) is 21.3 Å². The first-order chi connectivity index (χ1) is 18.2. The lowest BCUT2D eigenvalue weighted by Crippen LogP contribution is -2.31. The number of nitrogens with one attached hydrogen (secondary N) is 1. The molecule has 0 radical (unpaired) electrons. The summed E-state index contributed by atoms with van der Waals surface area (Å²) < 4.78 is 38.8. The highest BCUT2D eigenvalue weighted by molar-refractivity contribution is 7.89. The molecule has 212 valence electrons. The lowest BCUT2D eigenvalue weighted by Gasteiger charge is -2.19. The molecule has 0 fully saturated rings. The number of amides is 1. The van der Waals surface area contributed by atoms with Crippen LogP contribution in [0.3, 0.4) is 0 Å². The highest BCUT2D eigenvalue weighted by Crippen LogP contribution is 2.43. The molecule has 0 spiro atoms. The first kappa shape index (κ1) is 31.0. The van der Waals surface area contributed by atoms with Crippen LogP contribution in [0.1, 0.15) is 57.9 Å². The number of carbonyl (C=O) groups is 2. The molecule has 0 aliphatic heterocycles. The number of thiazole rings is 1. The van der Waals surface area contributed by atoms with Gasteiger partial charge in [0.1, 0.15) is 16.2 Å². The van der Waals surface area contributed by atoms with Crippen LogP contribution in [0.25, 0.3) is 21.3 Å².